The summed E-state index contributed by atoms with van der Waals surface area (Å²) in [5.41, 5.74) is 4.66. The highest BCUT2D eigenvalue weighted by Crippen LogP contribution is 2.38. The average molecular weight is 641 g/mol. The number of methoxy groups -OCH3 is 1. The first kappa shape index (κ1) is 32.5. The Bertz CT molecular complexity index is 1730. The minimum absolute atomic E-state index is 0.0880. The zero-order chi connectivity index (χ0) is 32.8. The number of pyridine rings is 1. The van der Waals surface area contributed by atoms with Crippen LogP contribution in [0.4, 0.5) is 23.2 Å². The number of halogens is 4. The number of carbonyl (C=O) groups is 2. The number of ether oxygens (including phenoxy) is 3. The maximum atomic E-state index is 15.4. The molecule has 0 unspecified atom stereocenters. The molecule has 5 rings (SSSR count). The van der Waals surface area contributed by atoms with Crippen molar-refractivity contribution in [1.29, 1.82) is 0 Å². The van der Waals surface area contributed by atoms with Crippen molar-refractivity contribution in [2.45, 2.75) is 25.4 Å². The molecular weight excluding hydrogens is 608 g/mol. The van der Waals surface area contributed by atoms with E-state index in [4.69, 9.17) is 19.9 Å². The minimum atomic E-state index is -4.62. The summed E-state index contributed by atoms with van der Waals surface area (Å²) in [5, 5.41) is 3.84. The molecule has 0 aliphatic carbocycles. The molecule has 1 aliphatic rings. The Morgan fingerprint density at radius 3 is 2.46 bits per heavy atom. The second-order valence-electron chi connectivity index (χ2n) is 10.8. The number of carbonyl (C=O) groups excluding carboxylic acids is 2. The third-order valence-corrected chi connectivity index (χ3v) is 7.75. The van der Waals surface area contributed by atoms with Crippen LogP contribution in [-0.4, -0.2) is 50.1 Å². The van der Waals surface area contributed by atoms with E-state index in [2.05, 4.69) is 10.3 Å². The molecule has 1 fully saturated rings. The fraction of sp³-hybridized carbons (Fsp3) is 0.303. The molecule has 1 aromatic heterocycles. The molecule has 0 atom stereocenters. The van der Waals surface area contributed by atoms with Crippen LogP contribution in [0.1, 0.15) is 24.0 Å². The molecule has 0 bridgehead atoms. The van der Waals surface area contributed by atoms with Crippen LogP contribution in [0, 0.1) is 11.7 Å². The Morgan fingerprint density at radius 2 is 1.76 bits per heavy atom. The number of rotatable bonds is 10. The van der Waals surface area contributed by atoms with Crippen LogP contribution in [0.2, 0.25) is 0 Å². The zero-order valence-electron chi connectivity index (χ0n) is 24.9. The van der Waals surface area contributed by atoms with Gasteiger partial charge in [0.05, 0.1) is 24.8 Å². The number of fused-ring (bicyclic) bond motifs is 1. The van der Waals surface area contributed by atoms with Crippen molar-refractivity contribution in [2.24, 2.45) is 11.7 Å². The monoisotopic (exact) mass is 640 g/mol. The van der Waals surface area contributed by atoms with E-state index >= 15 is 4.39 Å². The van der Waals surface area contributed by atoms with Crippen molar-refractivity contribution in [2.75, 3.05) is 38.3 Å². The summed E-state index contributed by atoms with van der Waals surface area (Å²) in [6.07, 6.45) is -1.38. The van der Waals surface area contributed by atoms with Gasteiger partial charge < -0.3 is 30.2 Å². The molecule has 1 saturated heterocycles. The molecule has 46 heavy (non-hydrogen) atoms. The van der Waals surface area contributed by atoms with Crippen LogP contribution in [-0.2, 0) is 22.2 Å². The maximum Gasteiger partial charge on any atom is 0.416 e. The number of benzene rings is 3. The number of primary amides is 1. The molecule has 3 N–H and O–H groups in total. The Morgan fingerprint density at radius 1 is 1.00 bits per heavy atom. The van der Waals surface area contributed by atoms with Crippen molar-refractivity contribution >= 4 is 28.4 Å². The molecule has 1 aliphatic heterocycles. The van der Waals surface area contributed by atoms with E-state index in [-0.39, 0.29) is 35.7 Å². The van der Waals surface area contributed by atoms with Crippen molar-refractivity contribution in [3.8, 4) is 23.0 Å². The summed E-state index contributed by atoms with van der Waals surface area (Å²) in [5.74, 6) is -2.02. The fourth-order valence-corrected chi connectivity index (χ4v) is 5.33. The summed E-state index contributed by atoms with van der Waals surface area (Å²) in [6.45, 7) is 2.05. The molecular formula is C33H32F4N4O5. The molecule has 4 aromatic rings. The van der Waals surface area contributed by atoms with Gasteiger partial charge >= 0.3 is 18.0 Å². The van der Waals surface area contributed by atoms with Crippen LogP contribution in [0.5, 0.6) is 23.0 Å². The van der Waals surface area contributed by atoms with Gasteiger partial charge in [-0.2, -0.15) is 13.2 Å². The van der Waals surface area contributed by atoms with Crippen LogP contribution >= 0.6 is 0 Å². The highest BCUT2D eigenvalue weighted by molar-refractivity contribution is 6.39. The number of hydrogen-bond acceptors (Lipinski definition) is 7. The van der Waals surface area contributed by atoms with E-state index in [1.54, 1.807) is 18.2 Å². The smallest absolute Gasteiger partial charge is 0.416 e. The van der Waals surface area contributed by atoms with Gasteiger partial charge in [-0.15, -0.1) is 0 Å². The summed E-state index contributed by atoms with van der Waals surface area (Å²) in [7, 11) is 1.51. The molecule has 0 saturated carbocycles. The predicted molar refractivity (Wildman–Crippen MR) is 163 cm³/mol. The number of anilines is 1. The third kappa shape index (κ3) is 7.48. The van der Waals surface area contributed by atoms with Crippen LogP contribution < -0.4 is 30.2 Å². The van der Waals surface area contributed by atoms with Gasteiger partial charge in [-0.1, -0.05) is 18.2 Å². The molecule has 0 spiro atoms. The predicted octanol–water partition coefficient (Wildman–Crippen LogP) is 5.63. The van der Waals surface area contributed by atoms with Gasteiger partial charge in [0.2, 0.25) is 0 Å². The van der Waals surface area contributed by atoms with Gasteiger partial charge in [-0.3, -0.25) is 14.6 Å². The summed E-state index contributed by atoms with van der Waals surface area (Å²) in [6, 6.07) is 13.3. The normalized spacial score (nSPS) is 13.8. The van der Waals surface area contributed by atoms with Crippen LogP contribution in [0.25, 0.3) is 10.9 Å². The van der Waals surface area contributed by atoms with E-state index in [1.807, 2.05) is 0 Å². The molecule has 242 valence electrons. The van der Waals surface area contributed by atoms with E-state index in [9.17, 15) is 22.8 Å². The zero-order valence-corrected chi connectivity index (χ0v) is 24.9. The number of nitrogens with zero attached hydrogens (tertiary/aromatic N) is 2. The number of aromatic nitrogens is 1. The van der Waals surface area contributed by atoms with E-state index in [1.165, 1.54) is 43.6 Å². The van der Waals surface area contributed by atoms with Gasteiger partial charge in [0.15, 0.2) is 23.1 Å². The second-order valence-corrected chi connectivity index (χ2v) is 10.8. The van der Waals surface area contributed by atoms with E-state index < -0.39 is 29.4 Å². The van der Waals surface area contributed by atoms with Crippen LogP contribution in [0.15, 0.2) is 66.9 Å². The number of nitrogens with one attached hydrogen (secondary N) is 1. The number of alkyl halides is 3. The molecule has 13 heteroatoms. The lowest BCUT2D eigenvalue weighted by atomic mass is 9.99. The Balaban J connectivity index is 1.37. The van der Waals surface area contributed by atoms with Crippen molar-refractivity contribution in [3.05, 3.63) is 83.8 Å². The first-order chi connectivity index (χ1) is 22.0. The van der Waals surface area contributed by atoms with Crippen molar-refractivity contribution < 1.29 is 41.4 Å². The standard InChI is InChI=1S/C33H32F4N4O5/c1-44-29-17-23-26(18-30(29)45-19-20-8-12-39-13-9-20)40-14-10-27(23)46-28-7-6-22(16-25(28)34)41(32(43)31(38)42)15-11-21-4-2-3-5-24(21)33(35,36)37/h2-7,10,14,16-18,20,39H,8-9,11-13,15,19H2,1H3,(H2,38,42). The highest BCUT2D eigenvalue weighted by atomic mass is 19.4. The van der Waals surface area contributed by atoms with Crippen molar-refractivity contribution in [1.82, 2.24) is 10.3 Å². The lowest BCUT2D eigenvalue weighted by Gasteiger charge is -2.23. The topological polar surface area (TPSA) is 116 Å². The molecule has 9 nitrogen and oxygen atoms in total. The Kier molecular flexibility index (Phi) is 9.90. The quantitative estimate of drug-likeness (QED) is 0.171. The number of nitrogens with two attached hydrogens (primary N) is 1. The molecule has 2 amide bonds. The molecule has 3 aromatic carbocycles. The lowest BCUT2D eigenvalue weighted by molar-refractivity contribution is -0.138. The SMILES string of the molecule is COc1cc2c(Oc3ccc(N(CCc4ccccc4C(F)(F)F)C(=O)C(N)=O)cc3F)ccnc2cc1OCC1CCNCC1. The second kappa shape index (κ2) is 14.0. The summed E-state index contributed by atoms with van der Waals surface area (Å²) >= 11 is 0. The number of hydrogen-bond donors (Lipinski definition) is 2. The van der Waals surface area contributed by atoms with Gasteiger partial charge in [0, 0.05) is 35.9 Å². The Hall–Kier alpha value is -4.91. The number of piperidine rings is 1. The number of amides is 2. The largest absolute Gasteiger partial charge is 0.493 e. The van der Waals surface area contributed by atoms with Gasteiger partial charge in [-0.05, 0) is 74.2 Å². The molecule has 2 heterocycles. The third-order valence-electron chi connectivity index (χ3n) is 7.75. The van der Waals surface area contributed by atoms with Gasteiger partial charge in [0.1, 0.15) is 5.75 Å². The minimum Gasteiger partial charge on any atom is -0.493 e. The Labute approximate surface area is 262 Å². The van der Waals surface area contributed by atoms with Crippen LogP contribution in [0.3, 0.4) is 0 Å². The highest BCUT2D eigenvalue weighted by Gasteiger charge is 2.33. The maximum absolute atomic E-state index is 15.4. The van der Waals surface area contributed by atoms with Crippen molar-refractivity contribution in [3.63, 3.8) is 0 Å². The molecule has 0 radical (unpaired) electrons. The van der Waals surface area contributed by atoms with E-state index in [0.29, 0.717) is 34.9 Å². The summed E-state index contributed by atoms with van der Waals surface area (Å²) in [4.78, 5) is 29.7. The van der Waals surface area contributed by atoms with E-state index in [0.717, 1.165) is 43.0 Å². The van der Waals surface area contributed by atoms with Gasteiger partial charge in [0.25, 0.3) is 0 Å². The average Bonchev–Trinajstić information content (AvgIpc) is 3.04. The van der Waals surface area contributed by atoms with Gasteiger partial charge in [-0.25, -0.2) is 4.39 Å². The summed E-state index contributed by atoms with van der Waals surface area (Å²) < 4.78 is 73.4. The first-order valence-electron chi connectivity index (χ1n) is 14.6. The lowest BCUT2D eigenvalue weighted by Crippen LogP contribution is -2.41. The first-order valence-corrected chi connectivity index (χ1v) is 14.6. The fourth-order valence-electron chi connectivity index (χ4n) is 5.33.